The number of halogens is 1. The van der Waals surface area contributed by atoms with Gasteiger partial charge >= 0.3 is 0 Å². The third-order valence-corrected chi connectivity index (χ3v) is 3.33. The van der Waals surface area contributed by atoms with Gasteiger partial charge in [0.1, 0.15) is 11.8 Å². The van der Waals surface area contributed by atoms with E-state index in [0.29, 0.717) is 17.4 Å². The van der Waals surface area contributed by atoms with Crippen molar-refractivity contribution >= 4 is 12.4 Å². The molecule has 0 saturated carbocycles. The highest BCUT2D eigenvalue weighted by molar-refractivity contribution is 5.85. The number of piperidine rings is 1. The van der Waals surface area contributed by atoms with E-state index in [4.69, 9.17) is 15.7 Å². The van der Waals surface area contributed by atoms with Gasteiger partial charge in [-0.15, -0.1) is 12.4 Å². The summed E-state index contributed by atoms with van der Waals surface area (Å²) >= 11 is 0. The largest absolute Gasteiger partial charge is 0.495 e. The topological polar surface area (TPSA) is 62.3 Å². The fraction of sp³-hybridized carbons (Fsp3) is 0.500. The molecule has 1 saturated heterocycles. The van der Waals surface area contributed by atoms with Gasteiger partial charge in [0.05, 0.1) is 12.7 Å². The van der Waals surface area contributed by atoms with E-state index < -0.39 is 0 Å². The molecule has 5 heteroatoms. The molecule has 1 atom stereocenters. The molecular weight excluding hydrogens is 262 g/mol. The smallest absolute Gasteiger partial charge is 0.136 e. The minimum Gasteiger partial charge on any atom is -0.495 e. The Bertz CT molecular complexity index is 458. The standard InChI is InChI=1S/C14H19N3O.ClH/c1-18-14-7-11(4-5-12(14)8-15)9-17-6-2-3-13(16)10-17;/h4-5,7,13H,2-3,6,9-10,16H2,1H3;1H. The Morgan fingerprint density at radius 3 is 2.95 bits per heavy atom. The van der Waals surface area contributed by atoms with Gasteiger partial charge in [0.2, 0.25) is 0 Å². The summed E-state index contributed by atoms with van der Waals surface area (Å²) in [4.78, 5) is 2.36. The molecule has 2 rings (SSSR count). The Kier molecular flexibility index (Phi) is 6.10. The summed E-state index contributed by atoms with van der Waals surface area (Å²) in [7, 11) is 1.59. The first-order valence-corrected chi connectivity index (χ1v) is 6.28. The van der Waals surface area contributed by atoms with Gasteiger partial charge in [0.15, 0.2) is 0 Å². The Labute approximate surface area is 120 Å². The molecule has 0 radical (unpaired) electrons. The molecule has 104 valence electrons. The lowest BCUT2D eigenvalue weighted by Gasteiger charge is -2.30. The average Bonchev–Trinajstić information content (AvgIpc) is 2.38. The maximum Gasteiger partial charge on any atom is 0.136 e. The molecule has 1 aliphatic heterocycles. The molecule has 0 spiro atoms. The number of nitrogens with two attached hydrogens (primary N) is 1. The first-order valence-electron chi connectivity index (χ1n) is 6.28. The van der Waals surface area contributed by atoms with Gasteiger partial charge in [0, 0.05) is 19.1 Å². The molecular formula is C14H20ClN3O. The second-order valence-corrected chi connectivity index (χ2v) is 4.78. The Balaban J connectivity index is 0.00000180. The molecule has 1 unspecified atom stereocenters. The zero-order valence-corrected chi connectivity index (χ0v) is 11.9. The third-order valence-electron chi connectivity index (χ3n) is 3.33. The second-order valence-electron chi connectivity index (χ2n) is 4.78. The lowest BCUT2D eigenvalue weighted by Crippen LogP contribution is -2.42. The molecule has 1 aromatic rings. The lowest BCUT2D eigenvalue weighted by molar-refractivity contribution is 0.201. The number of benzene rings is 1. The van der Waals surface area contributed by atoms with E-state index >= 15 is 0 Å². The zero-order valence-electron chi connectivity index (χ0n) is 11.1. The van der Waals surface area contributed by atoms with E-state index in [2.05, 4.69) is 11.0 Å². The number of likely N-dealkylation sites (tertiary alicyclic amines) is 1. The van der Waals surface area contributed by atoms with Gasteiger partial charge in [-0.05, 0) is 37.1 Å². The van der Waals surface area contributed by atoms with Crippen molar-refractivity contribution in [1.82, 2.24) is 4.90 Å². The van der Waals surface area contributed by atoms with E-state index in [1.165, 1.54) is 5.56 Å². The van der Waals surface area contributed by atoms with Crippen LogP contribution < -0.4 is 10.5 Å². The summed E-state index contributed by atoms with van der Waals surface area (Å²) in [6.07, 6.45) is 2.28. The van der Waals surface area contributed by atoms with Gasteiger partial charge in [-0.3, -0.25) is 4.90 Å². The van der Waals surface area contributed by atoms with Crippen LogP contribution in [-0.4, -0.2) is 31.1 Å². The molecule has 2 N–H and O–H groups in total. The van der Waals surface area contributed by atoms with Crippen molar-refractivity contribution in [1.29, 1.82) is 5.26 Å². The Hall–Kier alpha value is -1.28. The highest BCUT2D eigenvalue weighted by Gasteiger charge is 2.17. The quantitative estimate of drug-likeness (QED) is 0.919. The Morgan fingerprint density at radius 1 is 1.53 bits per heavy atom. The van der Waals surface area contributed by atoms with E-state index in [-0.39, 0.29) is 12.4 Å². The average molecular weight is 282 g/mol. The highest BCUT2D eigenvalue weighted by Crippen LogP contribution is 2.21. The third kappa shape index (κ3) is 4.10. The summed E-state index contributed by atoms with van der Waals surface area (Å²) in [6.45, 7) is 2.91. The maximum absolute atomic E-state index is 8.94. The fourth-order valence-electron chi connectivity index (χ4n) is 2.42. The summed E-state index contributed by atoms with van der Waals surface area (Å²) in [6, 6.07) is 8.16. The molecule has 1 aliphatic rings. The van der Waals surface area contributed by atoms with Crippen LogP contribution in [0.4, 0.5) is 0 Å². The van der Waals surface area contributed by atoms with Crippen molar-refractivity contribution in [2.24, 2.45) is 5.73 Å². The van der Waals surface area contributed by atoms with Crippen molar-refractivity contribution < 1.29 is 4.74 Å². The lowest BCUT2D eigenvalue weighted by atomic mass is 10.0. The van der Waals surface area contributed by atoms with Crippen LogP contribution in [-0.2, 0) is 6.54 Å². The first kappa shape index (κ1) is 15.8. The predicted molar refractivity (Wildman–Crippen MR) is 77.4 cm³/mol. The predicted octanol–water partition coefficient (Wildman–Crippen LogP) is 1.91. The molecule has 0 aromatic heterocycles. The van der Waals surface area contributed by atoms with Crippen LogP contribution in [0.5, 0.6) is 5.75 Å². The number of nitrogens with zero attached hydrogens (tertiary/aromatic N) is 2. The van der Waals surface area contributed by atoms with Crippen LogP contribution in [0.25, 0.3) is 0 Å². The molecule has 1 heterocycles. The molecule has 1 fully saturated rings. The summed E-state index contributed by atoms with van der Waals surface area (Å²) in [5.74, 6) is 0.649. The van der Waals surface area contributed by atoms with E-state index in [1.807, 2.05) is 18.2 Å². The summed E-state index contributed by atoms with van der Waals surface area (Å²) in [5.41, 5.74) is 7.72. The highest BCUT2D eigenvalue weighted by atomic mass is 35.5. The Morgan fingerprint density at radius 2 is 2.32 bits per heavy atom. The molecule has 0 aliphatic carbocycles. The van der Waals surface area contributed by atoms with E-state index in [9.17, 15) is 0 Å². The van der Waals surface area contributed by atoms with E-state index in [1.54, 1.807) is 7.11 Å². The van der Waals surface area contributed by atoms with Gasteiger partial charge in [-0.25, -0.2) is 0 Å². The minimum atomic E-state index is 0. The van der Waals surface area contributed by atoms with Crippen LogP contribution in [0.3, 0.4) is 0 Å². The molecule has 0 amide bonds. The number of nitriles is 1. The van der Waals surface area contributed by atoms with Gasteiger partial charge in [0.25, 0.3) is 0 Å². The summed E-state index contributed by atoms with van der Waals surface area (Å²) in [5, 5.41) is 8.94. The van der Waals surface area contributed by atoms with Crippen LogP contribution >= 0.6 is 12.4 Å². The van der Waals surface area contributed by atoms with Crippen LogP contribution in [0.2, 0.25) is 0 Å². The molecule has 4 nitrogen and oxygen atoms in total. The number of methoxy groups -OCH3 is 1. The van der Waals surface area contributed by atoms with Crippen LogP contribution in [0, 0.1) is 11.3 Å². The van der Waals surface area contributed by atoms with E-state index in [0.717, 1.165) is 32.5 Å². The number of rotatable bonds is 3. The maximum atomic E-state index is 8.94. The number of hydrogen-bond donors (Lipinski definition) is 1. The first-order chi connectivity index (χ1) is 8.72. The SMILES string of the molecule is COc1cc(CN2CCCC(N)C2)ccc1C#N.Cl. The van der Waals surface area contributed by atoms with Crippen LogP contribution in [0.1, 0.15) is 24.0 Å². The summed E-state index contributed by atoms with van der Waals surface area (Å²) < 4.78 is 5.22. The van der Waals surface area contributed by atoms with Gasteiger partial charge in [-0.1, -0.05) is 6.07 Å². The van der Waals surface area contributed by atoms with Crippen molar-refractivity contribution in [3.63, 3.8) is 0 Å². The number of hydrogen-bond acceptors (Lipinski definition) is 4. The molecule has 19 heavy (non-hydrogen) atoms. The van der Waals surface area contributed by atoms with Crippen molar-refractivity contribution in [3.8, 4) is 11.8 Å². The van der Waals surface area contributed by atoms with Crippen molar-refractivity contribution in [2.45, 2.75) is 25.4 Å². The normalized spacial score (nSPS) is 19.3. The molecule has 0 bridgehead atoms. The van der Waals surface area contributed by atoms with Gasteiger partial charge in [-0.2, -0.15) is 5.26 Å². The number of ether oxygens (including phenoxy) is 1. The monoisotopic (exact) mass is 281 g/mol. The second kappa shape index (κ2) is 7.34. The fourth-order valence-corrected chi connectivity index (χ4v) is 2.42. The van der Waals surface area contributed by atoms with Gasteiger partial charge < -0.3 is 10.5 Å². The minimum absolute atomic E-state index is 0. The van der Waals surface area contributed by atoms with Crippen LogP contribution in [0.15, 0.2) is 18.2 Å². The molecule has 1 aromatic carbocycles. The van der Waals surface area contributed by atoms with Crippen molar-refractivity contribution in [2.75, 3.05) is 20.2 Å². The zero-order chi connectivity index (χ0) is 13.0. The van der Waals surface area contributed by atoms with Crippen molar-refractivity contribution in [3.05, 3.63) is 29.3 Å².